The second-order valence-electron chi connectivity index (χ2n) is 7.96. The van der Waals surface area contributed by atoms with Gasteiger partial charge in [0, 0.05) is 36.4 Å². The van der Waals surface area contributed by atoms with E-state index in [2.05, 4.69) is 10.6 Å². The number of anilines is 1. The Balaban J connectivity index is 1.36. The summed E-state index contributed by atoms with van der Waals surface area (Å²) in [4.78, 5) is 14.3. The molecule has 5 nitrogen and oxygen atoms in total. The average molecular weight is 401 g/mol. The molecular weight excluding hydrogens is 376 g/mol. The maximum atomic E-state index is 13.6. The van der Waals surface area contributed by atoms with Crippen molar-refractivity contribution in [2.45, 2.75) is 43.9 Å². The topological polar surface area (TPSA) is 64.6 Å². The first kappa shape index (κ1) is 19.6. The standard InChI is InChI=1S/C22H25F2N3O2/c23-16-3-1-15(2-4-16)14-25-21(29)27-11-9-22(10-12-27)8-7-20(28)18-13-17(24)5-6-19(18)26-22/h1-6,13,20,26,28H,7-12,14H2,(H,25,29). The largest absolute Gasteiger partial charge is 0.388 e. The number of carbonyl (C=O) groups excluding carboxylic acids is 1. The molecule has 1 fully saturated rings. The van der Waals surface area contributed by atoms with E-state index in [1.165, 1.54) is 24.3 Å². The number of benzene rings is 2. The number of halogens is 2. The molecule has 0 radical (unpaired) electrons. The Morgan fingerprint density at radius 2 is 1.79 bits per heavy atom. The van der Waals surface area contributed by atoms with Crippen LogP contribution in [0.15, 0.2) is 42.5 Å². The SMILES string of the molecule is O=C(NCc1ccc(F)cc1)N1CCC2(CCC(O)c3cc(F)ccc3N2)CC1. The lowest BCUT2D eigenvalue weighted by molar-refractivity contribution is 0.137. The zero-order valence-corrected chi connectivity index (χ0v) is 16.1. The summed E-state index contributed by atoms with van der Waals surface area (Å²) in [5.41, 5.74) is 2.00. The smallest absolute Gasteiger partial charge is 0.317 e. The van der Waals surface area contributed by atoms with Crippen molar-refractivity contribution in [2.75, 3.05) is 18.4 Å². The van der Waals surface area contributed by atoms with Crippen molar-refractivity contribution in [2.24, 2.45) is 0 Å². The quantitative estimate of drug-likeness (QED) is 0.714. The number of nitrogens with one attached hydrogen (secondary N) is 2. The number of urea groups is 1. The highest BCUT2D eigenvalue weighted by Crippen LogP contribution is 2.40. The third-order valence-corrected chi connectivity index (χ3v) is 6.03. The fraction of sp³-hybridized carbons (Fsp3) is 0.409. The lowest BCUT2D eigenvalue weighted by Crippen LogP contribution is -2.52. The molecule has 1 unspecified atom stereocenters. The minimum atomic E-state index is -0.690. The second kappa shape index (κ2) is 7.99. The van der Waals surface area contributed by atoms with Crippen LogP contribution in [-0.2, 0) is 6.54 Å². The van der Waals surface area contributed by atoms with Gasteiger partial charge in [-0.3, -0.25) is 0 Å². The number of fused-ring (bicyclic) bond motifs is 1. The van der Waals surface area contributed by atoms with Crippen LogP contribution in [0.25, 0.3) is 0 Å². The van der Waals surface area contributed by atoms with Crippen molar-refractivity contribution >= 4 is 11.7 Å². The number of carbonyl (C=O) groups is 1. The summed E-state index contributed by atoms with van der Waals surface area (Å²) in [5.74, 6) is -0.653. The monoisotopic (exact) mass is 401 g/mol. The van der Waals surface area contributed by atoms with Gasteiger partial charge in [-0.05, 0) is 61.6 Å². The number of hydrogen-bond acceptors (Lipinski definition) is 3. The summed E-state index contributed by atoms with van der Waals surface area (Å²) in [5, 5.41) is 16.8. The van der Waals surface area contributed by atoms with Gasteiger partial charge in [-0.2, -0.15) is 0 Å². The molecule has 0 aromatic heterocycles. The second-order valence-corrected chi connectivity index (χ2v) is 7.96. The molecule has 2 amide bonds. The molecule has 1 saturated heterocycles. The van der Waals surface area contributed by atoms with Gasteiger partial charge in [-0.15, -0.1) is 0 Å². The number of nitrogens with zero attached hydrogens (tertiary/aromatic N) is 1. The van der Waals surface area contributed by atoms with Crippen LogP contribution in [0.5, 0.6) is 0 Å². The van der Waals surface area contributed by atoms with Crippen LogP contribution in [0.2, 0.25) is 0 Å². The molecule has 2 aliphatic heterocycles. The summed E-state index contributed by atoms with van der Waals surface area (Å²) in [6.07, 6.45) is 2.13. The van der Waals surface area contributed by atoms with Gasteiger partial charge in [0.25, 0.3) is 0 Å². The predicted octanol–water partition coefficient (Wildman–Crippen LogP) is 3.95. The maximum Gasteiger partial charge on any atom is 0.317 e. The van der Waals surface area contributed by atoms with Gasteiger partial charge < -0.3 is 20.6 Å². The number of hydrogen-bond donors (Lipinski definition) is 3. The van der Waals surface area contributed by atoms with E-state index in [0.29, 0.717) is 31.6 Å². The highest BCUT2D eigenvalue weighted by atomic mass is 19.1. The van der Waals surface area contributed by atoms with E-state index in [9.17, 15) is 18.7 Å². The van der Waals surface area contributed by atoms with E-state index in [4.69, 9.17) is 0 Å². The Labute approximate surface area is 168 Å². The van der Waals surface area contributed by atoms with Crippen LogP contribution >= 0.6 is 0 Å². The first-order valence-corrected chi connectivity index (χ1v) is 9.97. The third-order valence-electron chi connectivity index (χ3n) is 6.03. The van der Waals surface area contributed by atoms with Crippen molar-refractivity contribution in [3.63, 3.8) is 0 Å². The summed E-state index contributed by atoms with van der Waals surface area (Å²) in [6.45, 7) is 1.54. The Morgan fingerprint density at radius 3 is 2.52 bits per heavy atom. The summed E-state index contributed by atoms with van der Waals surface area (Å²) < 4.78 is 26.6. The fourth-order valence-corrected chi connectivity index (χ4v) is 4.24. The Hall–Kier alpha value is -2.67. The van der Waals surface area contributed by atoms with Crippen molar-refractivity contribution in [1.82, 2.24) is 10.2 Å². The van der Waals surface area contributed by atoms with E-state index in [1.54, 1.807) is 23.1 Å². The van der Waals surface area contributed by atoms with Crippen LogP contribution in [0.1, 0.15) is 42.9 Å². The first-order valence-electron chi connectivity index (χ1n) is 9.97. The molecule has 1 atom stereocenters. The molecule has 2 heterocycles. The molecule has 1 spiro atoms. The molecule has 29 heavy (non-hydrogen) atoms. The number of rotatable bonds is 2. The fourth-order valence-electron chi connectivity index (χ4n) is 4.24. The van der Waals surface area contributed by atoms with E-state index < -0.39 is 6.10 Å². The third kappa shape index (κ3) is 4.34. The number of amides is 2. The van der Waals surface area contributed by atoms with Gasteiger partial charge in [-0.25, -0.2) is 13.6 Å². The molecule has 2 aromatic rings. The van der Waals surface area contributed by atoms with Crippen LogP contribution < -0.4 is 10.6 Å². The number of aliphatic hydroxyl groups excluding tert-OH is 1. The Kier molecular flexibility index (Phi) is 5.41. The van der Waals surface area contributed by atoms with Gasteiger partial charge in [0.2, 0.25) is 0 Å². The summed E-state index contributed by atoms with van der Waals surface area (Å²) in [7, 11) is 0. The molecule has 154 valence electrons. The number of likely N-dealkylation sites (tertiary alicyclic amines) is 1. The van der Waals surface area contributed by atoms with Gasteiger partial charge in [0.1, 0.15) is 11.6 Å². The van der Waals surface area contributed by atoms with Crippen LogP contribution in [0.4, 0.5) is 19.3 Å². The molecule has 2 aliphatic rings. The van der Waals surface area contributed by atoms with Crippen molar-refractivity contribution < 1.29 is 18.7 Å². The molecule has 3 N–H and O–H groups in total. The van der Waals surface area contributed by atoms with E-state index in [-0.39, 0.29) is 23.2 Å². The predicted molar refractivity (Wildman–Crippen MR) is 106 cm³/mol. The van der Waals surface area contributed by atoms with Crippen LogP contribution in [0, 0.1) is 11.6 Å². The van der Waals surface area contributed by atoms with Crippen molar-refractivity contribution in [1.29, 1.82) is 0 Å². The van der Waals surface area contributed by atoms with Gasteiger partial charge in [-0.1, -0.05) is 12.1 Å². The van der Waals surface area contributed by atoms with Crippen molar-refractivity contribution in [3.8, 4) is 0 Å². The van der Waals surface area contributed by atoms with Gasteiger partial charge in [0.15, 0.2) is 0 Å². The molecule has 7 heteroatoms. The Bertz CT molecular complexity index is 880. The van der Waals surface area contributed by atoms with Crippen molar-refractivity contribution in [3.05, 3.63) is 65.2 Å². The minimum absolute atomic E-state index is 0.139. The van der Waals surface area contributed by atoms with E-state index in [1.807, 2.05) is 0 Å². The Morgan fingerprint density at radius 1 is 1.10 bits per heavy atom. The first-order chi connectivity index (χ1) is 13.9. The van der Waals surface area contributed by atoms with Crippen LogP contribution in [0.3, 0.4) is 0 Å². The zero-order valence-electron chi connectivity index (χ0n) is 16.1. The van der Waals surface area contributed by atoms with E-state index >= 15 is 0 Å². The summed E-state index contributed by atoms with van der Waals surface area (Å²) >= 11 is 0. The van der Waals surface area contributed by atoms with E-state index in [0.717, 1.165) is 30.5 Å². The molecule has 0 bridgehead atoms. The van der Waals surface area contributed by atoms with Gasteiger partial charge >= 0.3 is 6.03 Å². The molecule has 4 rings (SSSR count). The number of piperidine rings is 1. The molecule has 0 aliphatic carbocycles. The highest BCUT2D eigenvalue weighted by molar-refractivity contribution is 5.74. The lowest BCUT2D eigenvalue weighted by atomic mass is 9.83. The molecule has 0 saturated carbocycles. The normalized spacial score (nSPS) is 20.5. The molecular formula is C22H25F2N3O2. The average Bonchev–Trinajstić information content (AvgIpc) is 2.85. The summed E-state index contributed by atoms with van der Waals surface area (Å²) in [6, 6.07) is 10.4. The number of aliphatic hydroxyl groups is 1. The lowest BCUT2D eigenvalue weighted by Gasteiger charge is -2.42. The highest BCUT2D eigenvalue weighted by Gasteiger charge is 2.38. The zero-order chi connectivity index (χ0) is 20.4. The van der Waals surface area contributed by atoms with Crippen LogP contribution in [-0.4, -0.2) is 34.7 Å². The minimum Gasteiger partial charge on any atom is -0.388 e. The maximum absolute atomic E-state index is 13.6. The molecule has 2 aromatic carbocycles. The van der Waals surface area contributed by atoms with Gasteiger partial charge in [0.05, 0.1) is 6.10 Å².